The number of aromatic nitrogens is 8. The molecule has 0 radical (unpaired) electrons. The van der Waals surface area contributed by atoms with E-state index in [-0.39, 0.29) is 5.92 Å². The first-order valence-corrected chi connectivity index (χ1v) is 6.55. The molecular weight excluding hydrogens is 268 g/mol. The molecule has 2 heterocycles. The molecule has 0 amide bonds. The molecule has 0 unspecified atom stereocenters. The van der Waals surface area contributed by atoms with Crippen molar-refractivity contribution in [3.63, 3.8) is 0 Å². The normalized spacial score (nSPS) is 10.9. The first-order chi connectivity index (χ1) is 10.4. The summed E-state index contributed by atoms with van der Waals surface area (Å²) in [6, 6.07) is 8.25. The molecule has 2 N–H and O–H groups in total. The molecule has 0 fully saturated rings. The molecule has 0 aliphatic rings. The van der Waals surface area contributed by atoms with Crippen LogP contribution in [0.25, 0.3) is 6.08 Å². The van der Waals surface area contributed by atoms with Gasteiger partial charge >= 0.3 is 0 Å². The summed E-state index contributed by atoms with van der Waals surface area (Å²) in [5, 5.41) is 28.2. The highest BCUT2D eigenvalue weighted by molar-refractivity contribution is 5.47. The summed E-state index contributed by atoms with van der Waals surface area (Å²) in [7, 11) is 0. The fourth-order valence-electron chi connectivity index (χ4n) is 2.14. The summed E-state index contributed by atoms with van der Waals surface area (Å²) >= 11 is 0. The topological polar surface area (TPSA) is 109 Å². The lowest BCUT2D eigenvalue weighted by atomic mass is 9.97. The van der Waals surface area contributed by atoms with Gasteiger partial charge in [0, 0.05) is 0 Å². The predicted octanol–water partition coefficient (Wildman–Crippen LogP) is 1.12. The molecule has 21 heavy (non-hydrogen) atoms. The number of tetrazole rings is 2. The van der Waals surface area contributed by atoms with E-state index < -0.39 is 0 Å². The van der Waals surface area contributed by atoms with Crippen LogP contribution in [0, 0.1) is 0 Å². The van der Waals surface area contributed by atoms with Crippen LogP contribution in [-0.2, 0) is 6.42 Å². The second-order valence-electron chi connectivity index (χ2n) is 4.58. The summed E-state index contributed by atoms with van der Waals surface area (Å²) in [5.74, 6) is 1.000. The van der Waals surface area contributed by atoms with E-state index in [0.717, 1.165) is 18.4 Å². The number of nitrogens with one attached hydrogen (secondary N) is 2. The summed E-state index contributed by atoms with van der Waals surface area (Å²) < 4.78 is 0. The first-order valence-electron chi connectivity index (χ1n) is 6.55. The Morgan fingerprint density at radius 3 is 2.10 bits per heavy atom. The summed E-state index contributed by atoms with van der Waals surface area (Å²) in [6.07, 6.45) is 3.45. The van der Waals surface area contributed by atoms with Crippen LogP contribution in [0.4, 0.5) is 0 Å². The maximum absolute atomic E-state index is 4.03. The second-order valence-corrected chi connectivity index (χ2v) is 4.58. The number of aromatic amines is 2. The van der Waals surface area contributed by atoms with E-state index in [1.54, 1.807) is 0 Å². The molecule has 3 rings (SSSR count). The summed E-state index contributed by atoms with van der Waals surface area (Å²) in [6.45, 7) is 3.75. The largest absolute Gasteiger partial charge is 0.185 e. The average molecular weight is 282 g/mol. The molecule has 2 aromatic heterocycles. The van der Waals surface area contributed by atoms with Crippen LogP contribution >= 0.6 is 0 Å². The predicted molar refractivity (Wildman–Crippen MR) is 75.1 cm³/mol. The third kappa shape index (κ3) is 2.99. The van der Waals surface area contributed by atoms with Crippen LogP contribution in [-0.4, -0.2) is 41.2 Å². The number of H-pyrrole nitrogens is 2. The fraction of sp³-hybridized carbons (Fsp3) is 0.231. The number of aryl methyl sites for hydroxylation is 1. The van der Waals surface area contributed by atoms with E-state index in [1.807, 2.05) is 18.2 Å². The van der Waals surface area contributed by atoms with Gasteiger partial charge in [-0.2, -0.15) is 10.4 Å². The van der Waals surface area contributed by atoms with Crippen molar-refractivity contribution in [1.82, 2.24) is 41.2 Å². The SMILES string of the molecule is C=Cc1ccc(CCC(c2nn[nH]n2)c2nn[nH]n2)cc1. The Morgan fingerprint density at radius 1 is 1.00 bits per heavy atom. The van der Waals surface area contributed by atoms with Gasteiger partial charge in [0.1, 0.15) is 0 Å². The zero-order chi connectivity index (χ0) is 14.5. The number of rotatable bonds is 6. The molecule has 0 atom stereocenters. The molecule has 8 heteroatoms. The molecule has 0 saturated heterocycles. The van der Waals surface area contributed by atoms with Gasteiger partial charge in [-0.1, -0.05) is 47.3 Å². The second kappa shape index (κ2) is 6.04. The molecular formula is C13H14N8. The van der Waals surface area contributed by atoms with Gasteiger partial charge in [0.25, 0.3) is 0 Å². The highest BCUT2D eigenvalue weighted by Gasteiger charge is 2.22. The maximum Gasteiger partial charge on any atom is 0.185 e. The van der Waals surface area contributed by atoms with Crippen molar-refractivity contribution < 1.29 is 0 Å². The molecule has 106 valence electrons. The van der Waals surface area contributed by atoms with Crippen LogP contribution in [0.5, 0.6) is 0 Å². The van der Waals surface area contributed by atoms with Crippen molar-refractivity contribution in [2.45, 2.75) is 18.8 Å². The standard InChI is InChI=1S/C13H14N8/c1-2-9-3-5-10(6-4-9)7-8-11(12-14-18-19-15-12)13-16-20-21-17-13/h2-6,11H,1,7-8H2,(H,14,15,18,19)(H,16,17,20,21). The fourth-order valence-corrected chi connectivity index (χ4v) is 2.14. The molecule has 0 spiro atoms. The van der Waals surface area contributed by atoms with Gasteiger partial charge in [-0.3, -0.25) is 0 Å². The Labute approximate surface area is 120 Å². The van der Waals surface area contributed by atoms with Gasteiger partial charge in [0.15, 0.2) is 11.6 Å². The van der Waals surface area contributed by atoms with Crippen molar-refractivity contribution >= 4 is 6.08 Å². The Bertz CT molecular complexity index is 637. The highest BCUT2D eigenvalue weighted by Crippen LogP contribution is 2.23. The smallest absolute Gasteiger partial charge is 0.177 e. The first kappa shape index (κ1) is 13.1. The lowest BCUT2D eigenvalue weighted by Gasteiger charge is -2.09. The quantitative estimate of drug-likeness (QED) is 0.701. The molecule has 3 aromatic rings. The highest BCUT2D eigenvalue weighted by atomic mass is 15.5. The molecule has 8 nitrogen and oxygen atoms in total. The van der Waals surface area contributed by atoms with E-state index in [0.29, 0.717) is 11.6 Å². The third-order valence-electron chi connectivity index (χ3n) is 3.28. The number of hydrogen-bond donors (Lipinski definition) is 2. The Balaban J connectivity index is 1.74. The van der Waals surface area contributed by atoms with E-state index in [2.05, 4.69) is 60.0 Å². The zero-order valence-corrected chi connectivity index (χ0v) is 11.3. The lowest BCUT2D eigenvalue weighted by Crippen LogP contribution is -2.07. The number of nitrogens with zero attached hydrogens (tertiary/aromatic N) is 6. The van der Waals surface area contributed by atoms with Gasteiger partial charge in [-0.15, -0.1) is 20.4 Å². The number of benzene rings is 1. The van der Waals surface area contributed by atoms with Crippen LogP contribution in [0.3, 0.4) is 0 Å². The summed E-state index contributed by atoms with van der Waals surface area (Å²) in [4.78, 5) is 0. The van der Waals surface area contributed by atoms with E-state index in [9.17, 15) is 0 Å². The van der Waals surface area contributed by atoms with E-state index in [4.69, 9.17) is 0 Å². The molecule has 0 aliphatic carbocycles. The van der Waals surface area contributed by atoms with Gasteiger partial charge in [-0.25, -0.2) is 0 Å². The van der Waals surface area contributed by atoms with Crippen molar-refractivity contribution in [2.75, 3.05) is 0 Å². The monoisotopic (exact) mass is 282 g/mol. The average Bonchev–Trinajstić information content (AvgIpc) is 3.22. The van der Waals surface area contributed by atoms with Gasteiger partial charge in [0.2, 0.25) is 0 Å². The number of hydrogen-bond acceptors (Lipinski definition) is 6. The van der Waals surface area contributed by atoms with Crippen LogP contribution < -0.4 is 0 Å². The molecule has 0 aliphatic heterocycles. The van der Waals surface area contributed by atoms with Crippen molar-refractivity contribution in [2.24, 2.45) is 0 Å². The van der Waals surface area contributed by atoms with Crippen LogP contribution in [0.1, 0.15) is 35.1 Å². The van der Waals surface area contributed by atoms with Gasteiger partial charge in [-0.05, 0) is 24.0 Å². The van der Waals surface area contributed by atoms with Gasteiger partial charge < -0.3 is 0 Å². The minimum atomic E-state index is -0.137. The minimum absolute atomic E-state index is 0.137. The lowest BCUT2D eigenvalue weighted by molar-refractivity contribution is 0.636. The Kier molecular flexibility index (Phi) is 3.77. The molecule has 0 saturated carbocycles. The van der Waals surface area contributed by atoms with E-state index >= 15 is 0 Å². The Hall–Kier alpha value is -2.90. The van der Waals surface area contributed by atoms with Gasteiger partial charge in [0.05, 0.1) is 5.92 Å². The van der Waals surface area contributed by atoms with Crippen LogP contribution in [0.15, 0.2) is 30.8 Å². The maximum atomic E-state index is 4.03. The minimum Gasteiger partial charge on any atom is -0.177 e. The van der Waals surface area contributed by atoms with Crippen molar-refractivity contribution in [3.05, 3.63) is 53.6 Å². The van der Waals surface area contributed by atoms with Crippen molar-refractivity contribution in [3.8, 4) is 0 Å². The summed E-state index contributed by atoms with van der Waals surface area (Å²) in [5.41, 5.74) is 2.32. The van der Waals surface area contributed by atoms with Crippen molar-refractivity contribution in [1.29, 1.82) is 0 Å². The van der Waals surface area contributed by atoms with Crippen LogP contribution in [0.2, 0.25) is 0 Å². The molecule has 0 bridgehead atoms. The van der Waals surface area contributed by atoms with E-state index in [1.165, 1.54) is 5.56 Å². The Morgan fingerprint density at radius 2 is 1.62 bits per heavy atom. The molecule has 1 aromatic carbocycles. The zero-order valence-electron chi connectivity index (χ0n) is 11.3. The third-order valence-corrected chi connectivity index (χ3v) is 3.28.